The number of unbranched alkanes of at least 4 members (excludes halogenated alkanes) is 1. The molecule has 116 valence electrons. The predicted molar refractivity (Wildman–Crippen MR) is 88.7 cm³/mol. The molecule has 1 aromatic rings. The van der Waals surface area contributed by atoms with Crippen molar-refractivity contribution in [3.8, 4) is 11.5 Å². The van der Waals surface area contributed by atoms with Crippen LogP contribution in [0.2, 0.25) is 0 Å². The fourth-order valence-electron chi connectivity index (χ4n) is 3.32. The molecule has 0 radical (unpaired) electrons. The van der Waals surface area contributed by atoms with E-state index in [1.54, 1.807) is 13.2 Å². The Labute approximate surface area is 128 Å². The smallest absolute Gasteiger partial charge is 0.161 e. The van der Waals surface area contributed by atoms with Gasteiger partial charge in [0.25, 0.3) is 0 Å². The topological polar surface area (TPSA) is 29.5 Å². The van der Waals surface area contributed by atoms with Crippen LogP contribution in [0, 0.1) is 5.41 Å². The number of hydrogen-bond donors (Lipinski definition) is 1. The van der Waals surface area contributed by atoms with Gasteiger partial charge in [-0.05, 0) is 55.2 Å². The highest BCUT2D eigenvalue weighted by atomic mass is 16.5. The maximum atomic E-state index is 9.57. The van der Waals surface area contributed by atoms with Gasteiger partial charge in [0.15, 0.2) is 11.5 Å². The monoisotopic (exact) mass is 288 g/mol. The summed E-state index contributed by atoms with van der Waals surface area (Å²) in [5.74, 6) is 0.728. The van der Waals surface area contributed by atoms with Crippen molar-refractivity contribution >= 4 is 6.08 Å². The fourth-order valence-corrected chi connectivity index (χ4v) is 3.32. The van der Waals surface area contributed by atoms with Crippen molar-refractivity contribution in [3.05, 3.63) is 29.8 Å². The van der Waals surface area contributed by atoms with Crippen molar-refractivity contribution in [1.82, 2.24) is 0 Å². The Morgan fingerprint density at radius 2 is 2.00 bits per heavy atom. The van der Waals surface area contributed by atoms with Crippen LogP contribution in [0.4, 0.5) is 0 Å². The Hall–Kier alpha value is -1.44. The molecule has 1 aromatic carbocycles. The van der Waals surface area contributed by atoms with Gasteiger partial charge in [-0.15, -0.1) is 0 Å². The highest BCUT2D eigenvalue weighted by Crippen LogP contribution is 2.39. The quantitative estimate of drug-likeness (QED) is 0.695. The number of hydrogen-bond acceptors (Lipinski definition) is 2. The zero-order valence-corrected chi connectivity index (χ0v) is 13.4. The van der Waals surface area contributed by atoms with Crippen LogP contribution in [-0.2, 0) is 0 Å². The number of aromatic hydroxyl groups is 1. The lowest BCUT2D eigenvalue weighted by molar-refractivity contribution is 0.195. The summed E-state index contributed by atoms with van der Waals surface area (Å²) in [6, 6.07) is 5.46. The molecule has 0 amide bonds. The molecular weight excluding hydrogens is 260 g/mol. The molecule has 0 heterocycles. The van der Waals surface area contributed by atoms with E-state index >= 15 is 0 Å². The summed E-state index contributed by atoms with van der Waals surface area (Å²) in [5.41, 5.74) is 1.67. The number of methoxy groups -OCH3 is 1. The number of phenolic OH excluding ortho intramolecular Hbond substituents is 1. The third-order valence-corrected chi connectivity index (χ3v) is 4.73. The summed E-state index contributed by atoms with van der Waals surface area (Å²) in [6.07, 6.45) is 15.2. The van der Waals surface area contributed by atoms with Gasteiger partial charge in [-0.2, -0.15) is 0 Å². The van der Waals surface area contributed by atoms with E-state index in [-0.39, 0.29) is 5.75 Å². The van der Waals surface area contributed by atoms with E-state index in [1.807, 2.05) is 12.1 Å². The lowest BCUT2D eigenvalue weighted by atomic mass is 9.72. The molecule has 21 heavy (non-hydrogen) atoms. The molecule has 0 aliphatic heterocycles. The summed E-state index contributed by atoms with van der Waals surface area (Å²) < 4.78 is 5.12. The van der Waals surface area contributed by atoms with Crippen molar-refractivity contribution in [2.75, 3.05) is 7.11 Å². The largest absolute Gasteiger partial charge is 0.504 e. The number of allylic oxidation sites excluding steroid dienone is 1. The molecule has 2 heteroatoms. The maximum Gasteiger partial charge on any atom is 0.161 e. The first-order valence-electron chi connectivity index (χ1n) is 8.16. The Kier molecular flexibility index (Phi) is 5.72. The van der Waals surface area contributed by atoms with Gasteiger partial charge in [0.1, 0.15) is 0 Å². The Morgan fingerprint density at radius 1 is 1.24 bits per heavy atom. The second-order valence-corrected chi connectivity index (χ2v) is 6.60. The second kappa shape index (κ2) is 7.53. The van der Waals surface area contributed by atoms with Gasteiger partial charge in [-0.3, -0.25) is 0 Å². The molecule has 0 unspecified atom stereocenters. The molecule has 2 rings (SSSR count). The second-order valence-electron chi connectivity index (χ2n) is 6.60. The Balaban J connectivity index is 1.77. The fraction of sp³-hybridized carbons (Fsp3) is 0.579. The summed E-state index contributed by atoms with van der Waals surface area (Å²) in [6.45, 7) is 2.46. The van der Waals surface area contributed by atoms with Crippen LogP contribution in [0.25, 0.3) is 6.08 Å². The number of rotatable bonds is 6. The first-order valence-corrected chi connectivity index (χ1v) is 8.16. The van der Waals surface area contributed by atoms with Crippen molar-refractivity contribution in [1.29, 1.82) is 0 Å². The summed E-state index contributed by atoms with van der Waals surface area (Å²) >= 11 is 0. The normalized spacial score (nSPS) is 18.0. The molecule has 0 spiro atoms. The number of ether oxygens (including phenoxy) is 1. The van der Waals surface area contributed by atoms with Crippen molar-refractivity contribution in [2.45, 2.75) is 58.3 Å². The maximum absolute atomic E-state index is 9.57. The van der Waals surface area contributed by atoms with Gasteiger partial charge in [-0.1, -0.05) is 44.4 Å². The zero-order chi connectivity index (χ0) is 15.1. The first kappa shape index (κ1) is 15.9. The minimum atomic E-state index is 0.194. The minimum absolute atomic E-state index is 0.194. The summed E-state index contributed by atoms with van der Waals surface area (Å²) in [4.78, 5) is 0. The van der Waals surface area contributed by atoms with Gasteiger partial charge in [0.05, 0.1) is 7.11 Å². The van der Waals surface area contributed by atoms with Crippen LogP contribution in [0.3, 0.4) is 0 Å². The third-order valence-electron chi connectivity index (χ3n) is 4.73. The van der Waals surface area contributed by atoms with Crippen LogP contribution in [-0.4, -0.2) is 12.2 Å². The lowest BCUT2D eigenvalue weighted by Gasteiger charge is -2.33. The van der Waals surface area contributed by atoms with E-state index in [2.05, 4.69) is 19.1 Å². The van der Waals surface area contributed by atoms with E-state index in [0.717, 1.165) is 12.0 Å². The average Bonchev–Trinajstić information content (AvgIpc) is 2.49. The molecule has 2 nitrogen and oxygen atoms in total. The van der Waals surface area contributed by atoms with Crippen molar-refractivity contribution in [3.63, 3.8) is 0 Å². The molecule has 1 saturated carbocycles. The van der Waals surface area contributed by atoms with Crippen LogP contribution >= 0.6 is 0 Å². The van der Waals surface area contributed by atoms with E-state index in [0.29, 0.717) is 11.2 Å². The van der Waals surface area contributed by atoms with Crippen molar-refractivity contribution in [2.24, 2.45) is 5.41 Å². The van der Waals surface area contributed by atoms with Crippen LogP contribution in [0.1, 0.15) is 63.9 Å². The first-order chi connectivity index (χ1) is 10.1. The Morgan fingerprint density at radius 3 is 2.71 bits per heavy atom. The molecule has 0 saturated heterocycles. The highest BCUT2D eigenvalue weighted by Gasteiger charge is 2.25. The third kappa shape index (κ3) is 4.80. The van der Waals surface area contributed by atoms with E-state index < -0.39 is 0 Å². The minimum Gasteiger partial charge on any atom is -0.504 e. The Bertz CT molecular complexity index is 470. The molecule has 1 aliphatic carbocycles. The van der Waals surface area contributed by atoms with E-state index in [4.69, 9.17) is 4.74 Å². The van der Waals surface area contributed by atoms with E-state index in [1.165, 1.54) is 44.9 Å². The molecular formula is C19H28O2. The van der Waals surface area contributed by atoms with Crippen LogP contribution in [0.5, 0.6) is 11.5 Å². The molecule has 1 fully saturated rings. The zero-order valence-electron chi connectivity index (χ0n) is 13.4. The van der Waals surface area contributed by atoms with Gasteiger partial charge < -0.3 is 9.84 Å². The number of phenols is 1. The van der Waals surface area contributed by atoms with Crippen LogP contribution < -0.4 is 4.74 Å². The standard InChI is InChI=1S/C19H28O2/c1-19(13-7-4-8-14-19)12-6-3-5-9-16-10-11-17(20)18(15-16)21-2/h5,9-11,15,20H,3-4,6-8,12-14H2,1-2H3/b9-5+. The molecule has 0 bridgehead atoms. The average molecular weight is 288 g/mol. The number of benzene rings is 1. The SMILES string of the molecule is COc1cc(/C=C/CCCC2(C)CCCCC2)ccc1O. The van der Waals surface area contributed by atoms with Gasteiger partial charge in [0.2, 0.25) is 0 Å². The molecule has 0 atom stereocenters. The van der Waals surface area contributed by atoms with Gasteiger partial charge in [0, 0.05) is 0 Å². The van der Waals surface area contributed by atoms with Gasteiger partial charge in [-0.25, -0.2) is 0 Å². The summed E-state index contributed by atoms with van der Waals surface area (Å²) in [5, 5.41) is 9.57. The summed E-state index contributed by atoms with van der Waals surface area (Å²) in [7, 11) is 1.58. The predicted octanol–water partition coefficient (Wildman–Crippen LogP) is 5.55. The highest BCUT2D eigenvalue weighted by molar-refractivity contribution is 5.55. The van der Waals surface area contributed by atoms with E-state index in [9.17, 15) is 5.11 Å². The molecule has 1 N–H and O–H groups in total. The van der Waals surface area contributed by atoms with Crippen molar-refractivity contribution < 1.29 is 9.84 Å². The molecule has 1 aliphatic rings. The lowest BCUT2D eigenvalue weighted by Crippen LogP contribution is -2.19. The molecule has 0 aromatic heterocycles. The van der Waals surface area contributed by atoms with Crippen LogP contribution in [0.15, 0.2) is 24.3 Å². The van der Waals surface area contributed by atoms with Gasteiger partial charge >= 0.3 is 0 Å².